The van der Waals surface area contributed by atoms with Gasteiger partial charge in [0.2, 0.25) is 10.0 Å². The number of likely N-dealkylation sites (N-methyl/N-ethyl adjacent to an activating group) is 1. The summed E-state index contributed by atoms with van der Waals surface area (Å²) in [6.07, 6.45) is 0.865. The standard InChI is InChI=1S/C19H23FN2O3S/c1-13-10-16(20)5-7-19(13)26(23,24)21-12-17(22(2)3)14-4-6-18-15(11-14)8-9-25-18/h4-7,10-11,17,21H,8-9,12H2,1-3H3. The summed E-state index contributed by atoms with van der Waals surface area (Å²) < 4.78 is 46.7. The van der Waals surface area contributed by atoms with Crippen LogP contribution in [-0.4, -0.2) is 40.6 Å². The van der Waals surface area contributed by atoms with Crippen molar-refractivity contribution in [2.24, 2.45) is 0 Å². The molecule has 0 aromatic heterocycles. The third-order valence-corrected chi connectivity index (χ3v) is 6.20. The first-order valence-corrected chi connectivity index (χ1v) is 9.94. The highest BCUT2D eigenvalue weighted by Gasteiger charge is 2.23. The minimum atomic E-state index is -3.72. The number of ether oxygens (including phenoxy) is 1. The summed E-state index contributed by atoms with van der Waals surface area (Å²) in [5.74, 6) is 0.446. The molecule has 0 amide bonds. The van der Waals surface area contributed by atoms with Crippen molar-refractivity contribution in [1.29, 1.82) is 0 Å². The molecule has 3 rings (SSSR count). The first-order valence-electron chi connectivity index (χ1n) is 8.46. The molecule has 0 spiro atoms. The van der Waals surface area contributed by atoms with Gasteiger partial charge in [-0.25, -0.2) is 17.5 Å². The molecule has 5 nitrogen and oxygen atoms in total. The third-order valence-electron chi connectivity index (χ3n) is 4.61. The van der Waals surface area contributed by atoms with Gasteiger partial charge >= 0.3 is 0 Å². The molecule has 2 aromatic rings. The molecule has 0 saturated heterocycles. The lowest BCUT2D eigenvalue weighted by Crippen LogP contribution is -2.34. The quantitative estimate of drug-likeness (QED) is 0.840. The van der Waals surface area contributed by atoms with Crippen LogP contribution in [0.5, 0.6) is 5.75 Å². The zero-order valence-electron chi connectivity index (χ0n) is 15.1. The maximum Gasteiger partial charge on any atom is 0.240 e. The molecule has 7 heteroatoms. The van der Waals surface area contributed by atoms with E-state index in [-0.39, 0.29) is 17.5 Å². The lowest BCUT2D eigenvalue weighted by molar-refractivity contribution is 0.299. The molecule has 1 N–H and O–H groups in total. The van der Waals surface area contributed by atoms with Crippen LogP contribution in [-0.2, 0) is 16.4 Å². The molecular weight excluding hydrogens is 355 g/mol. The predicted molar refractivity (Wildman–Crippen MR) is 98.4 cm³/mol. The number of fused-ring (bicyclic) bond motifs is 1. The van der Waals surface area contributed by atoms with Crippen LogP contribution < -0.4 is 9.46 Å². The van der Waals surface area contributed by atoms with Crippen LogP contribution in [0, 0.1) is 12.7 Å². The van der Waals surface area contributed by atoms with Crippen molar-refractivity contribution in [2.75, 3.05) is 27.2 Å². The molecule has 2 aromatic carbocycles. The summed E-state index contributed by atoms with van der Waals surface area (Å²) in [6.45, 7) is 2.48. The predicted octanol–water partition coefficient (Wildman–Crippen LogP) is 2.65. The molecule has 0 radical (unpaired) electrons. The van der Waals surface area contributed by atoms with Gasteiger partial charge in [0.05, 0.1) is 11.5 Å². The molecule has 1 unspecified atom stereocenters. The van der Waals surface area contributed by atoms with Crippen molar-refractivity contribution in [3.63, 3.8) is 0 Å². The molecule has 0 fully saturated rings. The maximum absolute atomic E-state index is 13.3. The number of nitrogens with one attached hydrogen (secondary N) is 1. The molecule has 0 aliphatic carbocycles. The van der Waals surface area contributed by atoms with Crippen molar-refractivity contribution in [2.45, 2.75) is 24.3 Å². The van der Waals surface area contributed by atoms with Gasteiger partial charge in [-0.2, -0.15) is 0 Å². The minimum absolute atomic E-state index is 0.0961. The number of halogens is 1. The van der Waals surface area contributed by atoms with Gasteiger partial charge in [0.25, 0.3) is 0 Å². The number of aryl methyl sites for hydroxylation is 1. The van der Waals surface area contributed by atoms with E-state index in [0.29, 0.717) is 12.2 Å². The van der Waals surface area contributed by atoms with E-state index < -0.39 is 15.8 Å². The van der Waals surface area contributed by atoms with Crippen molar-refractivity contribution in [3.8, 4) is 5.75 Å². The van der Waals surface area contributed by atoms with Crippen LogP contribution >= 0.6 is 0 Å². The van der Waals surface area contributed by atoms with Gasteiger partial charge in [-0.3, -0.25) is 0 Å². The van der Waals surface area contributed by atoms with E-state index >= 15 is 0 Å². The fraction of sp³-hybridized carbons (Fsp3) is 0.368. The molecule has 1 aliphatic heterocycles. The highest BCUT2D eigenvalue weighted by molar-refractivity contribution is 7.89. The second-order valence-electron chi connectivity index (χ2n) is 6.71. The van der Waals surface area contributed by atoms with E-state index in [1.54, 1.807) is 6.92 Å². The van der Waals surface area contributed by atoms with Gasteiger partial charge in [0, 0.05) is 19.0 Å². The number of hydrogen-bond acceptors (Lipinski definition) is 4. The van der Waals surface area contributed by atoms with Crippen LogP contribution in [0.1, 0.15) is 22.7 Å². The Hall–Kier alpha value is -1.96. The number of sulfonamides is 1. The monoisotopic (exact) mass is 378 g/mol. The summed E-state index contributed by atoms with van der Waals surface area (Å²) in [5.41, 5.74) is 2.55. The van der Waals surface area contributed by atoms with Gasteiger partial charge < -0.3 is 9.64 Å². The number of rotatable bonds is 6. The van der Waals surface area contributed by atoms with Crippen molar-refractivity contribution < 1.29 is 17.5 Å². The zero-order chi connectivity index (χ0) is 18.9. The molecule has 1 aliphatic rings. The molecule has 0 bridgehead atoms. The Balaban J connectivity index is 1.80. The summed E-state index contributed by atoms with van der Waals surface area (Å²) in [5, 5.41) is 0. The molecule has 140 valence electrons. The van der Waals surface area contributed by atoms with Crippen LogP contribution in [0.3, 0.4) is 0 Å². The van der Waals surface area contributed by atoms with Crippen molar-refractivity contribution >= 4 is 10.0 Å². The Labute approximate surface area is 153 Å². The summed E-state index contributed by atoms with van der Waals surface area (Å²) in [4.78, 5) is 2.07. The topological polar surface area (TPSA) is 58.6 Å². The maximum atomic E-state index is 13.3. The zero-order valence-corrected chi connectivity index (χ0v) is 15.9. The van der Waals surface area contributed by atoms with Crippen LogP contribution in [0.4, 0.5) is 4.39 Å². The Morgan fingerprint density at radius 1 is 1.23 bits per heavy atom. The van der Waals surface area contributed by atoms with Gasteiger partial charge in [-0.1, -0.05) is 12.1 Å². The SMILES string of the molecule is Cc1cc(F)ccc1S(=O)(=O)NCC(c1ccc2c(c1)CCO2)N(C)C. The van der Waals surface area contributed by atoms with Gasteiger partial charge in [0.15, 0.2) is 0 Å². The number of nitrogens with zero attached hydrogens (tertiary/aromatic N) is 1. The molecule has 26 heavy (non-hydrogen) atoms. The average Bonchev–Trinajstić information content (AvgIpc) is 3.02. The lowest BCUT2D eigenvalue weighted by atomic mass is 10.0. The Bertz CT molecular complexity index is 913. The fourth-order valence-corrected chi connectivity index (χ4v) is 4.46. The largest absolute Gasteiger partial charge is 0.493 e. The fourth-order valence-electron chi connectivity index (χ4n) is 3.19. The number of hydrogen-bond donors (Lipinski definition) is 1. The highest BCUT2D eigenvalue weighted by Crippen LogP contribution is 2.29. The minimum Gasteiger partial charge on any atom is -0.493 e. The van der Waals surface area contributed by atoms with E-state index in [1.165, 1.54) is 12.1 Å². The van der Waals surface area contributed by atoms with Crippen molar-refractivity contribution in [3.05, 3.63) is 58.9 Å². The molecular formula is C19H23FN2O3S. The van der Waals surface area contributed by atoms with E-state index in [9.17, 15) is 12.8 Å². The van der Waals surface area contributed by atoms with E-state index in [0.717, 1.165) is 29.4 Å². The molecule has 1 heterocycles. The van der Waals surface area contributed by atoms with Crippen LogP contribution in [0.2, 0.25) is 0 Å². The summed E-state index contributed by atoms with van der Waals surface area (Å²) >= 11 is 0. The first kappa shape index (κ1) is 18.8. The smallest absolute Gasteiger partial charge is 0.240 e. The van der Waals surface area contributed by atoms with Gasteiger partial charge in [-0.05, 0) is 62.0 Å². The number of benzene rings is 2. The third kappa shape index (κ3) is 3.90. The Kier molecular flexibility index (Phi) is 5.32. The lowest BCUT2D eigenvalue weighted by Gasteiger charge is -2.25. The summed E-state index contributed by atoms with van der Waals surface area (Å²) in [7, 11) is 0.0933. The van der Waals surface area contributed by atoms with Crippen molar-refractivity contribution in [1.82, 2.24) is 9.62 Å². The average molecular weight is 378 g/mol. The summed E-state index contributed by atoms with van der Waals surface area (Å²) in [6, 6.07) is 9.52. The van der Waals surface area contributed by atoms with E-state index in [1.807, 2.05) is 31.1 Å². The Morgan fingerprint density at radius 3 is 2.69 bits per heavy atom. The van der Waals surface area contributed by atoms with Crippen LogP contribution in [0.15, 0.2) is 41.3 Å². The van der Waals surface area contributed by atoms with E-state index in [4.69, 9.17) is 4.74 Å². The molecule has 1 atom stereocenters. The first-order chi connectivity index (χ1) is 12.3. The highest BCUT2D eigenvalue weighted by atomic mass is 32.2. The van der Waals surface area contributed by atoms with Crippen LogP contribution in [0.25, 0.3) is 0 Å². The van der Waals surface area contributed by atoms with Gasteiger partial charge in [-0.15, -0.1) is 0 Å². The second-order valence-corrected chi connectivity index (χ2v) is 8.44. The normalized spacial score (nSPS) is 15.0. The van der Waals surface area contributed by atoms with E-state index in [2.05, 4.69) is 10.8 Å². The molecule has 0 saturated carbocycles. The Morgan fingerprint density at radius 2 is 2.00 bits per heavy atom. The second kappa shape index (κ2) is 7.34. The van der Waals surface area contributed by atoms with Gasteiger partial charge in [0.1, 0.15) is 11.6 Å².